The Labute approximate surface area is 252 Å². The highest BCUT2D eigenvalue weighted by Gasteiger charge is 2.42. The Morgan fingerprint density at radius 1 is 0.860 bits per heavy atom. The maximum absolute atomic E-state index is 13.9. The van der Waals surface area contributed by atoms with Crippen LogP contribution < -0.4 is 16.1 Å². The van der Waals surface area contributed by atoms with E-state index in [4.69, 9.17) is 4.84 Å². The van der Waals surface area contributed by atoms with Gasteiger partial charge in [0.05, 0.1) is 18.4 Å². The zero-order valence-corrected chi connectivity index (χ0v) is 24.4. The summed E-state index contributed by atoms with van der Waals surface area (Å²) in [7, 11) is 0. The van der Waals surface area contributed by atoms with E-state index in [-0.39, 0.29) is 25.5 Å². The number of urea groups is 1. The van der Waals surface area contributed by atoms with Crippen LogP contribution in [0, 0.1) is 17.8 Å². The molecule has 3 N–H and O–H groups in total. The molecule has 0 radical (unpaired) electrons. The second-order valence-corrected chi connectivity index (χ2v) is 11.0. The van der Waals surface area contributed by atoms with Crippen LogP contribution in [0.5, 0.6) is 0 Å². The van der Waals surface area contributed by atoms with Gasteiger partial charge in [-0.25, -0.2) is 10.3 Å². The highest BCUT2D eigenvalue weighted by molar-refractivity contribution is 6.05. The number of carbonyl (C=O) groups excluding carboxylic acids is 4. The van der Waals surface area contributed by atoms with Gasteiger partial charge in [0.15, 0.2) is 6.17 Å². The molecule has 5 amide bonds. The number of hydroxylamine groups is 1. The Bertz CT molecular complexity index is 1400. The van der Waals surface area contributed by atoms with E-state index in [1.807, 2.05) is 117 Å². The van der Waals surface area contributed by atoms with Crippen molar-refractivity contribution < 1.29 is 24.0 Å². The van der Waals surface area contributed by atoms with E-state index in [0.29, 0.717) is 6.42 Å². The molecule has 1 heterocycles. The largest absolute Gasteiger partial charge is 0.328 e. The van der Waals surface area contributed by atoms with Gasteiger partial charge >= 0.3 is 6.03 Å². The third-order valence-corrected chi connectivity index (χ3v) is 7.16. The molecule has 1 unspecified atom stereocenters. The molecule has 3 aromatic rings. The fourth-order valence-electron chi connectivity index (χ4n) is 5.00. The molecule has 43 heavy (non-hydrogen) atoms. The topological polar surface area (TPSA) is 117 Å². The van der Waals surface area contributed by atoms with Gasteiger partial charge in [0, 0.05) is 6.54 Å². The molecule has 4 rings (SSSR count). The van der Waals surface area contributed by atoms with E-state index in [9.17, 15) is 19.2 Å². The summed E-state index contributed by atoms with van der Waals surface area (Å²) in [6.45, 7) is 4.23. The molecule has 0 spiro atoms. The molecule has 1 saturated heterocycles. The number of hydrogen-bond acceptors (Lipinski definition) is 5. The van der Waals surface area contributed by atoms with Gasteiger partial charge in [-0.3, -0.25) is 29.4 Å². The maximum Gasteiger partial charge on any atom is 0.326 e. The minimum absolute atomic E-state index is 0.0637. The van der Waals surface area contributed by atoms with Crippen molar-refractivity contribution in [2.75, 3.05) is 0 Å². The number of rotatable bonds is 14. The number of carbonyl (C=O) groups is 4. The molecule has 0 aromatic heterocycles. The molecular formula is C34H38N4O5. The lowest BCUT2D eigenvalue weighted by atomic mass is 9.82. The zero-order valence-electron chi connectivity index (χ0n) is 24.4. The Balaban J connectivity index is 1.54. The Hall–Kier alpha value is -4.76. The molecule has 3 aromatic carbocycles. The number of nitrogens with zero attached hydrogens (tertiary/aromatic N) is 1. The summed E-state index contributed by atoms with van der Waals surface area (Å²) in [5.41, 5.74) is 5.20. The molecule has 1 aliphatic heterocycles. The van der Waals surface area contributed by atoms with Crippen LogP contribution in [-0.4, -0.2) is 34.8 Å². The molecule has 0 saturated carbocycles. The van der Waals surface area contributed by atoms with Crippen LogP contribution in [0.2, 0.25) is 0 Å². The van der Waals surface area contributed by atoms with Crippen molar-refractivity contribution in [1.82, 2.24) is 21.0 Å². The summed E-state index contributed by atoms with van der Waals surface area (Å²) in [5, 5.41) is 5.06. The van der Waals surface area contributed by atoms with Gasteiger partial charge in [-0.15, -0.1) is 0 Å². The van der Waals surface area contributed by atoms with Crippen LogP contribution in [0.25, 0.3) is 6.08 Å². The first-order chi connectivity index (χ1) is 20.8. The fourth-order valence-corrected chi connectivity index (χ4v) is 5.00. The van der Waals surface area contributed by atoms with Crippen LogP contribution in [0.15, 0.2) is 97.1 Å². The molecule has 0 aliphatic carbocycles. The lowest BCUT2D eigenvalue weighted by Gasteiger charge is -2.29. The number of benzene rings is 3. The zero-order chi connectivity index (χ0) is 30.6. The van der Waals surface area contributed by atoms with Crippen molar-refractivity contribution in [2.24, 2.45) is 17.8 Å². The van der Waals surface area contributed by atoms with Gasteiger partial charge in [-0.2, -0.15) is 0 Å². The third-order valence-electron chi connectivity index (χ3n) is 7.16. The predicted molar refractivity (Wildman–Crippen MR) is 163 cm³/mol. The average Bonchev–Trinajstić information content (AvgIpc) is 3.26. The molecular weight excluding hydrogens is 544 g/mol. The van der Waals surface area contributed by atoms with Gasteiger partial charge in [0.1, 0.15) is 0 Å². The highest BCUT2D eigenvalue weighted by atomic mass is 16.6. The highest BCUT2D eigenvalue weighted by Crippen LogP contribution is 2.26. The first kappa shape index (κ1) is 31.2. The summed E-state index contributed by atoms with van der Waals surface area (Å²) >= 11 is 0. The maximum atomic E-state index is 13.9. The van der Waals surface area contributed by atoms with Crippen LogP contribution in [0.3, 0.4) is 0 Å². The fraction of sp³-hybridized carbons (Fsp3) is 0.294. The summed E-state index contributed by atoms with van der Waals surface area (Å²) in [4.78, 5) is 59.7. The second-order valence-electron chi connectivity index (χ2n) is 11.0. The Morgan fingerprint density at radius 2 is 1.47 bits per heavy atom. The summed E-state index contributed by atoms with van der Waals surface area (Å²) in [6.07, 6.45) is 3.20. The van der Waals surface area contributed by atoms with Crippen LogP contribution in [0.1, 0.15) is 43.4 Å². The standard InChI is InChI=1S/C34H38N4O5/c1-24(2)21-29(31(39)35-30-33(41)36-34(42)38(30)22-26-15-8-4-9-16-26)28(20-12-19-25-13-6-3-7-14-25)32(40)37-43-23-27-17-10-5-11-18-27/h3-19,24,28-30H,20-23H2,1-2H3,(H,35,39)(H,37,40)(H,36,41,42)/t28-,29+,30?/m0/s1. The van der Waals surface area contributed by atoms with Crippen molar-refractivity contribution >= 4 is 29.8 Å². The minimum atomic E-state index is -1.20. The molecule has 224 valence electrons. The van der Waals surface area contributed by atoms with Crippen molar-refractivity contribution in [3.05, 3.63) is 114 Å². The molecule has 9 nitrogen and oxygen atoms in total. The van der Waals surface area contributed by atoms with Gasteiger partial charge in [0.25, 0.3) is 5.91 Å². The Kier molecular flexibility index (Phi) is 11.2. The molecule has 1 aliphatic rings. The van der Waals surface area contributed by atoms with E-state index in [0.717, 1.165) is 16.7 Å². The number of nitrogens with one attached hydrogen (secondary N) is 3. The lowest BCUT2D eigenvalue weighted by molar-refractivity contribution is -0.145. The van der Waals surface area contributed by atoms with Crippen molar-refractivity contribution in [3.8, 4) is 0 Å². The van der Waals surface area contributed by atoms with Gasteiger partial charge < -0.3 is 5.32 Å². The van der Waals surface area contributed by atoms with E-state index in [1.165, 1.54) is 4.90 Å². The van der Waals surface area contributed by atoms with Gasteiger partial charge in [0.2, 0.25) is 11.8 Å². The smallest absolute Gasteiger partial charge is 0.326 e. The van der Waals surface area contributed by atoms with Crippen LogP contribution in [0.4, 0.5) is 4.79 Å². The van der Waals surface area contributed by atoms with Crippen LogP contribution >= 0.6 is 0 Å². The molecule has 3 atom stereocenters. The van der Waals surface area contributed by atoms with Gasteiger partial charge in [-0.05, 0) is 35.4 Å². The van der Waals surface area contributed by atoms with Gasteiger partial charge in [-0.1, -0.05) is 117 Å². The summed E-state index contributed by atoms with van der Waals surface area (Å²) in [5.74, 6) is -3.09. The normalized spacial score (nSPS) is 16.3. The average molecular weight is 583 g/mol. The molecule has 1 fully saturated rings. The summed E-state index contributed by atoms with van der Waals surface area (Å²) in [6, 6.07) is 27.7. The number of hydrogen-bond donors (Lipinski definition) is 3. The number of amides is 5. The quantitative estimate of drug-likeness (QED) is 0.186. The Morgan fingerprint density at radius 3 is 2.09 bits per heavy atom. The van der Waals surface area contributed by atoms with Crippen molar-refractivity contribution in [1.29, 1.82) is 0 Å². The number of allylic oxidation sites excluding steroid dienone is 1. The van der Waals surface area contributed by atoms with Crippen molar-refractivity contribution in [3.63, 3.8) is 0 Å². The third kappa shape index (κ3) is 9.11. The molecule has 9 heteroatoms. The van der Waals surface area contributed by atoms with E-state index in [1.54, 1.807) is 0 Å². The SMILES string of the molecule is CC(C)C[C@@H](C(=O)NC1C(=O)NC(=O)N1Cc1ccccc1)[C@H](CC=Cc1ccccc1)C(=O)NOCc1ccccc1. The van der Waals surface area contributed by atoms with Crippen molar-refractivity contribution in [2.45, 2.75) is 46.0 Å². The molecule has 0 bridgehead atoms. The first-order valence-electron chi connectivity index (χ1n) is 14.4. The van der Waals surface area contributed by atoms with Crippen LogP contribution in [-0.2, 0) is 32.4 Å². The first-order valence-corrected chi connectivity index (χ1v) is 14.4. The summed E-state index contributed by atoms with van der Waals surface area (Å²) < 4.78 is 0. The minimum Gasteiger partial charge on any atom is -0.328 e. The van der Waals surface area contributed by atoms with E-state index >= 15 is 0 Å². The predicted octanol–water partition coefficient (Wildman–Crippen LogP) is 4.81. The number of imide groups is 1. The van der Waals surface area contributed by atoms with E-state index < -0.39 is 41.8 Å². The monoisotopic (exact) mass is 582 g/mol. The lowest BCUT2D eigenvalue weighted by Crippen LogP contribution is -2.52. The second kappa shape index (κ2) is 15.5. The van der Waals surface area contributed by atoms with E-state index in [2.05, 4.69) is 16.1 Å².